The summed E-state index contributed by atoms with van der Waals surface area (Å²) in [7, 11) is 1.13. The lowest BCUT2D eigenvalue weighted by Gasteiger charge is -2.18. The molecule has 32 heavy (non-hydrogen) atoms. The molecule has 0 unspecified atom stereocenters. The van der Waals surface area contributed by atoms with Gasteiger partial charge in [0.05, 0.1) is 7.11 Å². The summed E-state index contributed by atoms with van der Waals surface area (Å²) in [6.07, 6.45) is -0.607. The lowest BCUT2D eigenvalue weighted by atomic mass is 9.98. The molecule has 162 valence electrons. The van der Waals surface area contributed by atoms with Crippen molar-refractivity contribution in [2.75, 3.05) is 13.7 Å². The Balaban J connectivity index is 1.47. The fraction of sp³-hybridized carbons (Fsp3) is 0.192. The Labute approximate surface area is 186 Å². The van der Waals surface area contributed by atoms with Crippen LogP contribution in [0, 0.1) is 0 Å². The third-order valence-electron chi connectivity index (χ3n) is 5.62. The molecule has 0 aliphatic heterocycles. The summed E-state index contributed by atoms with van der Waals surface area (Å²) in [6, 6.07) is 24.1. The van der Waals surface area contributed by atoms with Crippen LogP contribution in [0.3, 0.4) is 0 Å². The molecule has 0 spiro atoms. The molecular formula is C26H23NO5. The highest BCUT2D eigenvalue weighted by Crippen LogP contribution is 2.44. The lowest BCUT2D eigenvalue weighted by Crippen LogP contribution is -2.46. The standard InChI is InChI=1S/C26H23NO5/c1-31-25(29)24(28)23(15-17-9-3-2-4-10-17)27-26(30)32-16-22-20-13-7-5-11-18(20)19-12-6-8-14-21(19)22/h2-14,22-23H,15-16H2,1H3,(H,27,30)/t23-/m0/s1. The fourth-order valence-corrected chi connectivity index (χ4v) is 4.08. The number of methoxy groups -OCH3 is 1. The van der Waals surface area contributed by atoms with Crippen molar-refractivity contribution in [1.82, 2.24) is 5.32 Å². The highest BCUT2D eigenvalue weighted by Gasteiger charge is 2.31. The number of carbonyl (C=O) groups excluding carboxylic acids is 3. The van der Waals surface area contributed by atoms with Gasteiger partial charge in [0.15, 0.2) is 0 Å². The molecule has 0 saturated heterocycles. The third kappa shape index (κ3) is 4.39. The number of rotatable bonds is 7. The Morgan fingerprint density at radius 3 is 2.00 bits per heavy atom. The minimum absolute atomic E-state index is 0.1000. The van der Waals surface area contributed by atoms with Crippen LogP contribution in [0.5, 0.6) is 0 Å². The summed E-state index contributed by atoms with van der Waals surface area (Å²) in [5.41, 5.74) is 5.23. The normalized spacial score (nSPS) is 12.9. The van der Waals surface area contributed by atoms with Crippen LogP contribution in [0.4, 0.5) is 4.79 Å². The molecule has 1 aliphatic carbocycles. The molecule has 4 rings (SSSR count). The number of Topliss-reactive ketones (excluding diaryl/α,β-unsaturated/α-hetero) is 1. The first-order valence-corrected chi connectivity index (χ1v) is 10.4. The van der Waals surface area contributed by atoms with Gasteiger partial charge in [0.25, 0.3) is 5.78 Å². The second kappa shape index (κ2) is 9.47. The number of benzene rings is 3. The zero-order valence-corrected chi connectivity index (χ0v) is 17.6. The first-order chi connectivity index (χ1) is 15.6. The number of ether oxygens (including phenoxy) is 2. The zero-order valence-electron chi connectivity index (χ0n) is 17.6. The van der Waals surface area contributed by atoms with Crippen molar-refractivity contribution in [3.63, 3.8) is 0 Å². The van der Waals surface area contributed by atoms with Crippen LogP contribution in [0.25, 0.3) is 11.1 Å². The summed E-state index contributed by atoms with van der Waals surface area (Å²) in [5.74, 6) is -1.94. The molecule has 0 radical (unpaired) electrons. The van der Waals surface area contributed by atoms with E-state index in [1.807, 2.05) is 66.7 Å². The van der Waals surface area contributed by atoms with Crippen LogP contribution in [0.2, 0.25) is 0 Å². The predicted molar refractivity (Wildman–Crippen MR) is 119 cm³/mol. The Bertz CT molecular complexity index is 1100. The van der Waals surface area contributed by atoms with E-state index in [-0.39, 0.29) is 18.9 Å². The van der Waals surface area contributed by atoms with E-state index in [2.05, 4.69) is 22.2 Å². The summed E-state index contributed by atoms with van der Waals surface area (Å²) in [4.78, 5) is 36.9. The van der Waals surface area contributed by atoms with Crippen LogP contribution < -0.4 is 5.32 Å². The molecular weight excluding hydrogens is 406 g/mol. The number of amides is 1. The van der Waals surface area contributed by atoms with E-state index < -0.39 is 23.9 Å². The first-order valence-electron chi connectivity index (χ1n) is 10.4. The number of hydrogen-bond donors (Lipinski definition) is 1. The SMILES string of the molecule is COC(=O)C(=O)[C@H](Cc1ccccc1)NC(=O)OCC1c2ccccc2-c2ccccc21. The molecule has 1 N–H and O–H groups in total. The van der Waals surface area contributed by atoms with Gasteiger partial charge in [-0.3, -0.25) is 4.79 Å². The van der Waals surface area contributed by atoms with Crippen molar-refractivity contribution in [3.05, 3.63) is 95.6 Å². The minimum Gasteiger partial charge on any atom is -0.463 e. The van der Waals surface area contributed by atoms with Gasteiger partial charge in [0.1, 0.15) is 12.6 Å². The van der Waals surface area contributed by atoms with Gasteiger partial charge < -0.3 is 14.8 Å². The molecule has 1 aliphatic rings. The molecule has 0 aromatic heterocycles. The van der Waals surface area contributed by atoms with Gasteiger partial charge in [-0.1, -0.05) is 78.9 Å². The first kappa shape index (κ1) is 21.3. The smallest absolute Gasteiger partial charge is 0.407 e. The molecule has 0 fully saturated rings. The summed E-state index contributed by atoms with van der Waals surface area (Å²) < 4.78 is 10.1. The minimum atomic E-state index is -1.08. The number of esters is 1. The highest BCUT2D eigenvalue weighted by atomic mass is 16.5. The van der Waals surface area contributed by atoms with Gasteiger partial charge in [0.2, 0.25) is 0 Å². The Morgan fingerprint density at radius 2 is 1.41 bits per heavy atom. The van der Waals surface area contributed by atoms with Crippen LogP contribution in [-0.2, 0) is 25.5 Å². The van der Waals surface area contributed by atoms with Gasteiger partial charge in [-0.15, -0.1) is 0 Å². The van der Waals surface area contributed by atoms with E-state index in [0.717, 1.165) is 34.9 Å². The molecule has 0 heterocycles. The Hall–Kier alpha value is -3.93. The predicted octanol–water partition coefficient (Wildman–Crippen LogP) is 3.88. The Kier molecular flexibility index (Phi) is 6.31. The van der Waals surface area contributed by atoms with Gasteiger partial charge in [-0.25, -0.2) is 9.59 Å². The van der Waals surface area contributed by atoms with E-state index in [1.54, 1.807) is 0 Å². The van der Waals surface area contributed by atoms with Crippen LogP contribution in [-0.4, -0.2) is 37.6 Å². The van der Waals surface area contributed by atoms with E-state index in [1.165, 1.54) is 0 Å². The topological polar surface area (TPSA) is 81.7 Å². The largest absolute Gasteiger partial charge is 0.463 e. The quantitative estimate of drug-likeness (QED) is 0.455. The van der Waals surface area contributed by atoms with Gasteiger partial charge in [-0.2, -0.15) is 0 Å². The molecule has 1 atom stereocenters. The molecule has 6 heteroatoms. The van der Waals surface area contributed by atoms with Crippen molar-refractivity contribution in [2.24, 2.45) is 0 Å². The number of nitrogens with one attached hydrogen (secondary N) is 1. The van der Waals surface area contributed by atoms with Crippen LogP contribution in [0.15, 0.2) is 78.9 Å². The van der Waals surface area contributed by atoms with Crippen molar-refractivity contribution in [2.45, 2.75) is 18.4 Å². The summed E-state index contributed by atoms with van der Waals surface area (Å²) in [6.45, 7) is 0.115. The van der Waals surface area contributed by atoms with E-state index in [4.69, 9.17) is 4.74 Å². The number of alkyl carbamates (subject to hydrolysis) is 1. The zero-order chi connectivity index (χ0) is 22.5. The molecule has 0 bridgehead atoms. The number of hydrogen-bond acceptors (Lipinski definition) is 5. The number of carbonyl (C=O) groups is 3. The van der Waals surface area contributed by atoms with E-state index in [9.17, 15) is 14.4 Å². The maximum Gasteiger partial charge on any atom is 0.407 e. The van der Waals surface area contributed by atoms with Gasteiger partial charge in [0, 0.05) is 12.3 Å². The van der Waals surface area contributed by atoms with Crippen molar-refractivity contribution in [3.8, 4) is 11.1 Å². The maximum absolute atomic E-state index is 12.6. The van der Waals surface area contributed by atoms with Crippen LogP contribution in [0.1, 0.15) is 22.6 Å². The Morgan fingerprint density at radius 1 is 0.844 bits per heavy atom. The third-order valence-corrected chi connectivity index (χ3v) is 5.62. The molecule has 6 nitrogen and oxygen atoms in total. The summed E-state index contributed by atoms with van der Waals surface area (Å²) in [5, 5.41) is 2.54. The van der Waals surface area contributed by atoms with Crippen molar-refractivity contribution < 1.29 is 23.9 Å². The van der Waals surface area contributed by atoms with Gasteiger partial charge >= 0.3 is 12.1 Å². The van der Waals surface area contributed by atoms with Crippen molar-refractivity contribution in [1.29, 1.82) is 0 Å². The molecule has 3 aromatic carbocycles. The number of fused-ring (bicyclic) bond motifs is 3. The number of ketones is 1. The second-order valence-corrected chi connectivity index (χ2v) is 7.57. The molecule has 3 aromatic rings. The monoisotopic (exact) mass is 429 g/mol. The van der Waals surface area contributed by atoms with E-state index in [0.29, 0.717) is 0 Å². The molecule has 0 saturated carbocycles. The molecule has 1 amide bonds. The average Bonchev–Trinajstić information content (AvgIpc) is 3.15. The van der Waals surface area contributed by atoms with Crippen LogP contribution >= 0.6 is 0 Å². The fourth-order valence-electron chi connectivity index (χ4n) is 4.08. The van der Waals surface area contributed by atoms with Crippen molar-refractivity contribution >= 4 is 17.8 Å². The highest BCUT2D eigenvalue weighted by molar-refractivity contribution is 6.36. The van der Waals surface area contributed by atoms with Gasteiger partial charge in [-0.05, 0) is 27.8 Å². The second-order valence-electron chi connectivity index (χ2n) is 7.57. The maximum atomic E-state index is 12.6. The van der Waals surface area contributed by atoms with E-state index >= 15 is 0 Å². The summed E-state index contributed by atoms with van der Waals surface area (Å²) >= 11 is 0. The average molecular weight is 429 g/mol. The lowest BCUT2D eigenvalue weighted by molar-refractivity contribution is -0.152.